The zero-order valence-electron chi connectivity index (χ0n) is 7.84. The minimum Gasteiger partial charge on any atom is -0.492 e. The SMILES string of the molecule is CSCCOc1cccc(F)c1C. The summed E-state index contributed by atoms with van der Waals surface area (Å²) in [6, 6.07) is 4.90. The first kappa shape index (κ1) is 10.4. The van der Waals surface area contributed by atoms with E-state index in [1.807, 2.05) is 6.26 Å². The molecule has 0 aliphatic heterocycles. The summed E-state index contributed by atoms with van der Waals surface area (Å²) in [6.07, 6.45) is 2.02. The monoisotopic (exact) mass is 200 g/mol. The molecule has 0 aliphatic rings. The van der Waals surface area contributed by atoms with Gasteiger partial charge >= 0.3 is 0 Å². The third-order valence-corrected chi connectivity index (χ3v) is 2.34. The summed E-state index contributed by atoms with van der Waals surface area (Å²) < 4.78 is 18.4. The van der Waals surface area contributed by atoms with Gasteiger partial charge in [-0.1, -0.05) is 6.07 Å². The molecule has 0 saturated heterocycles. The van der Waals surface area contributed by atoms with Crippen LogP contribution < -0.4 is 4.74 Å². The molecule has 0 radical (unpaired) electrons. The van der Waals surface area contributed by atoms with Crippen LogP contribution in [0.3, 0.4) is 0 Å². The Bertz CT molecular complexity index is 276. The maximum Gasteiger partial charge on any atom is 0.129 e. The Labute approximate surface area is 82.3 Å². The Morgan fingerprint density at radius 2 is 2.23 bits per heavy atom. The third-order valence-electron chi connectivity index (χ3n) is 1.76. The molecule has 1 aromatic rings. The van der Waals surface area contributed by atoms with Crippen LogP contribution >= 0.6 is 11.8 Å². The lowest BCUT2D eigenvalue weighted by Crippen LogP contribution is -2.01. The van der Waals surface area contributed by atoms with Crippen molar-refractivity contribution in [3.05, 3.63) is 29.6 Å². The van der Waals surface area contributed by atoms with E-state index in [1.54, 1.807) is 30.8 Å². The predicted molar refractivity (Wildman–Crippen MR) is 55.0 cm³/mol. The molecule has 3 heteroatoms. The maximum atomic E-state index is 13.0. The molecule has 0 fully saturated rings. The van der Waals surface area contributed by atoms with Gasteiger partial charge in [0, 0.05) is 11.3 Å². The van der Waals surface area contributed by atoms with Crippen LogP contribution in [0.15, 0.2) is 18.2 Å². The summed E-state index contributed by atoms with van der Waals surface area (Å²) in [7, 11) is 0. The lowest BCUT2D eigenvalue weighted by Gasteiger charge is -2.08. The summed E-state index contributed by atoms with van der Waals surface area (Å²) in [5.41, 5.74) is 0.587. The van der Waals surface area contributed by atoms with Crippen molar-refractivity contribution >= 4 is 11.8 Å². The second kappa shape index (κ2) is 5.12. The van der Waals surface area contributed by atoms with Crippen molar-refractivity contribution in [3.8, 4) is 5.75 Å². The summed E-state index contributed by atoms with van der Waals surface area (Å²) in [6.45, 7) is 2.36. The van der Waals surface area contributed by atoms with E-state index < -0.39 is 0 Å². The number of halogens is 1. The molecule has 0 N–H and O–H groups in total. The Morgan fingerprint density at radius 3 is 2.92 bits per heavy atom. The van der Waals surface area contributed by atoms with Gasteiger partial charge in [-0.05, 0) is 25.3 Å². The van der Waals surface area contributed by atoms with Crippen LogP contribution in [-0.2, 0) is 0 Å². The number of benzene rings is 1. The number of hydrogen-bond acceptors (Lipinski definition) is 2. The minimum absolute atomic E-state index is 0.207. The molecule has 0 aliphatic carbocycles. The Morgan fingerprint density at radius 1 is 1.46 bits per heavy atom. The fraction of sp³-hybridized carbons (Fsp3) is 0.400. The highest BCUT2D eigenvalue weighted by molar-refractivity contribution is 7.98. The molecule has 1 aromatic carbocycles. The van der Waals surface area contributed by atoms with Crippen molar-refractivity contribution in [3.63, 3.8) is 0 Å². The summed E-state index contributed by atoms with van der Waals surface area (Å²) >= 11 is 1.71. The minimum atomic E-state index is -0.207. The third kappa shape index (κ3) is 2.92. The van der Waals surface area contributed by atoms with Crippen molar-refractivity contribution in [2.24, 2.45) is 0 Å². The van der Waals surface area contributed by atoms with Gasteiger partial charge < -0.3 is 4.74 Å². The van der Waals surface area contributed by atoms with Crippen LogP contribution in [0, 0.1) is 12.7 Å². The van der Waals surface area contributed by atoms with Crippen LogP contribution in [0.4, 0.5) is 4.39 Å². The Balaban J connectivity index is 2.61. The maximum absolute atomic E-state index is 13.0. The average Bonchev–Trinajstić information content (AvgIpc) is 2.13. The summed E-state index contributed by atoms with van der Waals surface area (Å²) in [5, 5.41) is 0. The van der Waals surface area contributed by atoms with E-state index >= 15 is 0 Å². The smallest absolute Gasteiger partial charge is 0.129 e. The zero-order chi connectivity index (χ0) is 9.68. The van der Waals surface area contributed by atoms with E-state index in [4.69, 9.17) is 4.74 Å². The fourth-order valence-corrected chi connectivity index (χ4v) is 1.23. The molecule has 0 aromatic heterocycles. The number of thioether (sulfide) groups is 1. The highest BCUT2D eigenvalue weighted by atomic mass is 32.2. The lowest BCUT2D eigenvalue weighted by molar-refractivity contribution is 0.339. The van der Waals surface area contributed by atoms with Gasteiger partial charge in [-0.15, -0.1) is 0 Å². The summed E-state index contributed by atoms with van der Waals surface area (Å²) in [4.78, 5) is 0. The van der Waals surface area contributed by atoms with Gasteiger partial charge in [-0.2, -0.15) is 11.8 Å². The van der Waals surface area contributed by atoms with E-state index in [1.165, 1.54) is 6.07 Å². The average molecular weight is 200 g/mol. The molecular formula is C10H13FOS. The van der Waals surface area contributed by atoms with Gasteiger partial charge in [0.2, 0.25) is 0 Å². The Hall–Kier alpha value is -0.700. The molecule has 0 spiro atoms. The second-order valence-electron chi connectivity index (χ2n) is 2.70. The zero-order valence-corrected chi connectivity index (χ0v) is 8.66. The molecule has 0 amide bonds. The van der Waals surface area contributed by atoms with Gasteiger partial charge in [0.25, 0.3) is 0 Å². The van der Waals surface area contributed by atoms with Gasteiger partial charge in [0.15, 0.2) is 0 Å². The summed E-state index contributed by atoms with van der Waals surface area (Å²) in [5.74, 6) is 1.37. The molecule has 13 heavy (non-hydrogen) atoms. The molecule has 1 rings (SSSR count). The van der Waals surface area contributed by atoms with Crippen molar-refractivity contribution in [2.45, 2.75) is 6.92 Å². The molecular weight excluding hydrogens is 187 g/mol. The highest BCUT2D eigenvalue weighted by Crippen LogP contribution is 2.19. The molecule has 0 unspecified atom stereocenters. The van der Waals surface area contributed by atoms with Crippen LogP contribution in [0.1, 0.15) is 5.56 Å². The van der Waals surface area contributed by atoms with Crippen molar-refractivity contribution < 1.29 is 9.13 Å². The fourth-order valence-electron chi connectivity index (χ4n) is 0.979. The highest BCUT2D eigenvalue weighted by Gasteiger charge is 2.03. The number of ether oxygens (including phenoxy) is 1. The Kier molecular flexibility index (Phi) is 4.09. The number of hydrogen-bond donors (Lipinski definition) is 0. The first-order valence-corrected chi connectivity index (χ1v) is 5.52. The molecule has 1 nitrogen and oxygen atoms in total. The van der Waals surface area contributed by atoms with Crippen LogP contribution in [0.2, 0.25) is 0 Å². The van der Waals surface area contributed by atoms with Crippen molar-refractivity contribution in [2.75, 3.05) is 18.6 Å². The molecule has 0 atom stereocenters. The van der Waals surface area contributed by atoms with E-state index in [2.05, 4.69) is 0 Å². The van der Waals surface area contributed by atoms with Crippen molar-refractivity contribution in [1.82, 2.24) is 0 Å². The van der Waals surface area contributed by atoms with E-state index in [-0.39, 0.29) is 5.82 Å². The van der Waals surface area contributed by atoms with E-state index in [0.717, 1.165) is 5.75 Å². The van der Waals surface area contributed by atoms with Crippen LogP contribution in [0.25, 0.3) is 0 Å². The van der Waals surface area contributed by atoms with Crippen LogP contribution in [0.5, 0.6) is 5.75 Å². The van der Waals surface area contributed by atoms with Gasteiger partial charge in [0.1, 0.15) is 11.6 Å². The molecule has 0 saturated carbocycles. The van der Waals surface area contributed by atoms with Crippen molar-refractivity contribution in [1.29, 1.82) is 0 Å². The largest absolute Gasteiger partial charge is 0.492 e. The van der Waals surface area contributed by atoms with Crippen LogP contribution in [-0.4, -0.2) is 18.6 Å². The lowest BCUT2D eigenvalue weighted by atomic mass is 10.2. The van der Waals surface area contributed by atoms with Gasteiger partial charge in [-0.25, -0.2) is 4.39 Å². The number of rotatable bonds is 4. The predicted octanol–water partition coefficient (Wildman–Crippen LogP) is 2.88. The molecule has 0 heterocycles. The quantitative estimate of drug-likeness (QED) is 0.691. The second-order valence-corrected chi connectivity index (χ2v) is 3.69. The van der Waals surface area contributed by atoms with Gasteiger partial charge in [0.05, 0.1) is 6.61 Å². The van der Waals surface area contributed by atoms with E-state index in [0.29, 0.717) is 17.9 Å². The van der Waals surface area contributed by atoms with Gasteiger partial charge in [-0.3, -0.25) is 0 Å². The topological polar surface area (TPSA) is 9.23 Å². The first-order chi connectivity index (χ1) is 6.25. The van der Waals surface area contributed by atoms with E-state index in [9.17, 15) is 4.39 Å². The normalized spacial score (nSPS) is 10.1. The molecule has 72 valence electrons. The first-order valence-electron chi connectivity index (χ1n) is 4.12. The molecule has 0 bridgehead atoms. The standard InChI is InChI=1S/C10H13FOS/c1-8-9(11)4-3-5-10(8)12-6-7-13-2/h3-5H,6-7H2,1-2H3.